The maximum Gasteiger partial charge on any atom is 0.396 e. The highest BCUT2D eigenvalue weighted by molar-refractivity contribution is 5.13. The topological polar surface area (TPSA) is 56.7 Å². The molecule has 0 aromatic carbocycles. The molecule has 0 saturated heterocycles. The van der Waals surface area contributed by atoms with Gasteiger partial charge in [-0.3, -0.25) is 4.68 Å². The molecule has 1 heterocycles. The molecule has 2 N–H and O–H groups in total. The van der Waals surface area contributed by atoms with Crippen LogP contribution in [0.1, 0.15) is 5.82 Å². The van der Waals surface area contributed by atoms with Gasteiger partial charge in [0, 0.05) is 7.05 Å². The molecule has 0 aliphatic rings. The Morgan fingerprint density at radius 3 is 2.42 bits per heavy atom. The number of nitrogens with zero attached hydrogens (tertiary/aromatic N) is 3. The smallest absolute Gasteiger partial charge is 0.366 e. The second kappa shape index (κ2) is 2.65. The summed E-state index contributed by atoms with van der Waals surface area (Å²) in [6.45, 7) is 0. The number of anilines is 1. The van der Waals surface area contributed by atoms with Gasteiger partial charge in [0.25, 0.3) is 0 Å². The number of aromatic nitrogens is 3. The van der Waals surface area contributed by atoms with Gasteiger partial charge in [0.1, 0.15) is 12.2 Å². The summed E-state index contributed by atoms with van der Waals surface area (Å²) in [4.78, 5) is 3.41. The van der Waals surface area contributed by atoms with Crippen molar-refractivity contribution in [1.82, 2.24) is 14.8 Å². The molecule has 0 atom stereocenters. The Labute approximate surface area is 66.2 Å². The molecule has 12 heavy (non-hydrogen) atoms. The van der Waals surface area contributed by atoms with Crippen LogP contribution in [0, 0.1) is 0 Å². The lowest BCUT2D eigenvalue weighted by Gasteiger charge is -2.03. The van der Waals surface area contributed by atoms with E-state index < -0.39 is 12.6 Å². The Kier molecular flexibility index (Phi) is 1.95. The van der Waals surface area contributed by atoms with Crippen molar-refractivity contribution in [3.05, 3.63) is 5.82 Å². The third-order valence-corrected chi connectivity index (χ3v) is 1.23. The van der Waals surface area contributed by atoms with Crippen molar-refractivity contribution < 1.29 is 13.2 Å². The van der Waals surface area contributed by atoms with E-state index in [9.17, 15) is 13.2 Å². The Balaban J connectivity index is 2.82. The molecule has 1 rings (SSSR count). The van der Waals surface area contributed by atoms with Crippen LogP contribution >= 0.6 is 0 Å². The molecule has 0 radical (unpaired) electrons. The van der Waals surface area contributed by atoms with Gasteiger partial charge in [0.05, 0.1) is 0 Å². The van der Waals surface area contributed by atoms with Crippen molar-refractivity contribution in [2.45, 2.75) is 12.6 Å². The average Bonchev–Trinajstić information content (AvgIpc) is 2.06. The minimum absolute atomic E-state index is 0.142. The lowest BCUT2D eigenvalue weighted by Crippen LogP contribution is -2.15. The highest BCUT2D eigenvalue weighted by Crippen LogP contribution is 2.19. The summed E-state index contributed by atoms with van der Waals surface area (Å²) in [6, 6.07) is 0. The number of hydrogen-bond donors (Lipinski definition) is 1. The highest BCUT2D eigenvalue weighted by Gasteiger charge is 2.30. The third-order valence-electron chi connectivity index (χ3n) is 1.23. The lowest BCUT2D eigenvalue weighted by molar-refractivity contribution is -0.129. The van der Waals surface area contributed by atoms with E-state index in [1.807, 2.05) is 0 Å². The summed E-state index contributed by atoms with van der Waals surface area (Å²) in [5, 5.41) is 3.48. The van der Waals surface area contributed by atoms with E-state index in [2.05, 4.69) is 10.1 Å². The molecule has 1 aromatic heterocycles. The average molecular weight is 180 g/mol. The Bertz CT molecular complexity index is 277. The van der Waals surface area contributed by atoms with Crippen molar-refractivity contribution in [1.29, 1.82) is 0 Å². The normalized spacial score (nSPS) is 12.0. The lowest BCUT2D eigenvalue weighted by atomic mass is 10.4. The van der Waals surface area contributed by atoms with E-state index in [0.717, 1.165) is 4.68 Å². The predicted molar refractivity (Wildman–Crippen MR) is 35.2 cm³/mol. The van der Waals surface area contributed by atoms with Gasteiger partial charge in [0.2, 0.25) is 5.95 Å². The minimum Gasteiger partial charge on any atom is -0.366 e. The number of rotatable bonds is 1. The summed E-state index contributed by atoms with van der Waals surface area (Å²) in [7, 11) is 1.37. The molecule has 0 aliphatic heterocycles. The monoisotopic (exact) mass is 180 g/mol. The maximum atomic E-state index is 11.8. The van der Waals surface area contributed by atoms with Gasteiger partial charge < -0.3 is 5.73 Å². The number of nitrogens with two attached hydrogens (primary N) is 1. The van der Waals surface area contributed by atoms with E-state index in [1.165, 1.54) is 7.05 Å². The van der Waals surface area contributed by atoms with E-state index in [0.29, 0.717) is 0 Å². The van der Waals surface area contributed by atoms with Crippen molar-refractivity contribution in [3.8, 4) is 0 Å². The summed E-state index contributed by atoms with van der Waals surface area (Å²) < 4.78 is 36.4. The number of hydrogen-bond acceptors (Lipinski definition) is 3. The first-order valence-electron chi connectivity index (χ1n) is 3.10. The van der Waals surface area contributed by atoms with Crippen LogP contribution in [0.3, 0.4) is 0 Å². The second-order valence-corrected chi connectivity index (χ2v) is 2.30. The van der Waals surface area contributed by atoms with E-state index in [-0.39, 0.29) is 11.8 Å². The second-order valence-electron chi connectivity index (χ2n) is 2.30. The quantitative estimate of drug-likeness (QED) is 0.684. The SMILES string of the molecule is Cn1nc(N)nc1CC(F)(F)F. The molecule has 0 saturated carbocycles. The third kappa shape index (κ3) is 2.11. The summed E-state index contributed by atoms with van der Waals surface area (Å²) in [6.07, 6.45) is -5.37. The molecule has 68 valence electrons. The van der Waals surface area contributed by atoms with Gasteiger partial charge in [-0.1, -0.05) is 0 Å². The molecular formula is C5H7F3N4. The van der Waals surface area contributed by atoms with Crippen molar-refractivity contribution in [2.24, 2.45) is 7.05 Å². The fraction of sp³-hybridized carbons (Fsp3) is 0.600. The maximum absolute atomic E-state index is 11.8. The number of aryl methyl sites for hydroxylation is 1. The molecule has 0 fully saturated rings. The van der Waals surface area contributed by atoms with E-state index in [1.54, 1.807) is 0 Å². The molecular weight excluding hydrogens is 173 g/mol. The highest BCUT2D eigenvalue weighted by atomic mass is 19.4. The van der Waals surface area contributed by atoms with Crippen LogP contribution in [-0.4, -0.2) is 20.9 Å². The van der Waals surface area contributed by atoms with Crippen LogP contribution in [-0.2, 0) is 13.5 Å². The number of nitrogen functional groups attached to an aromatic ring is 1. The van der Waals surface area contributed by atoms with Crippen LogP contribution in [0.4, 0.5) is 19.1 Å². The van der Waals surface area contributed by atoms with Crippen LogP contribution in [0.5, 0.6) is 0 Å². The zero-order valence-electron chi connectivity index (χ0n) is 6.26. The first-order valence-corrected chi connectivity index (χ1v) is 3.10. The van der Waals surface area contributed by atoms with Gasteiger partial charge in [-0.2, -0.15) is 18.2 Å². The number of alkyl halides is 3. The minimum atomic E-state index is -4.27. The van der Waals surface area contributed by atoms with Crippen LogP contribution in [0.2, 0.25) is 0 Å². The Morgan fingerprint density at radius 1 is 1.50 bits per heavy atom. The summed E-state index contributed by atoms with van der Waals surface area (Å²) >= 11 is 0. The first kappa shape index (κ1) is 8.82. The Morgan fingerprint density at radius 2 is 2.08 bits per heavy atom. The largest absolute Gasteiger partial charge is 0.396 e. The van der Waals surface area contributed by atoms with E-state index in [4.69, 9.17) is 5.73 Å². The van der Waals surface area contributed by atoms with Crippen molar-refractivity contribution >= 4 is 5.95 Å². The van der Waals surface area contributed by atoms with Gasteiger partial charge in [-0.05, 0) is 0 Å². The fourth-order valence-corrected chi connectivity index (χ4v) is 0.772. The van der Waals surface area contributed by atoms with Gasteiger partial charge in [0.15, 0.2) is 0 Å². The summed E-state index contributed by atoms with van der Waals surface area (Å²) in [5.74, 6) is -0.322. The molecule has 0 unspecified atom stereocenters. The zero-order chi connectivity index (χ0) is 9.35. The number of halogens is 3. The predicted octanol–water partition coefficient (Wildman–Crippen LogP) is 0.502. The summed E-state index contributed by atoms with van der Waals surface area (Å²) in [5.41, 5.74) is 5.09. The standard InChI is InChI=1S/C5H7F3N4/c1-12-3(2-5(6,7)8)10-4(9)11-12/h2H2,1H3,(H2,9,11). The molecule has 1 aromatic rings. The zero-order valence-corrected chi connectivity index (χ0v) is 6.26. The van der Waals surface area contributed by atoms with Crippen LogP contribution in [0.25, 0.3) is 0 Å². The van der Waals surface area contributed by atoms with Crippen LogP contribution < -0.4 is 5.73 Å². The first-order chi connectivity index (χ1) is 5.38. The fourth-order valence-electron chi connectivity index (χ4n) is 0.772. The van der Waals surface area contributed by atoms with Gasteiger partial charge in [-0.15, -0.1) is 5.10 Å². The van der Waals surface area contributed by atoms with Gasteiger partial charge in [-0.25, -0.2) is 0 Å². The molecule has 0 bridgehead atoms. The van der Waals surface area contributed by atoms with Crippen LogP contribution in [0.15, 0.2) is 0 Å². The van der Waals surface area contributed by atoms with Crippen molar-refractivity contribution in [2.75, 3.05) is 5.73 Å². The van der Waals surface area contributed by atoms with Gasteiger partial charge >= 0.3 is 6.18 Å². The molecule has 0 aliphatic carbocycles. The molecule has 7 heteroatoms. The molecule has 0 spiro atoms. The molecule has 4 nitrogen and oxygen atoms in total. The van der Waals surface area contributed by atoms with Crippen molar-refractivity contribution in [3.63, 3.8) is 0 Å². The Hall–Kier alpha value is -1.27. The molecule has 0 amide bonds. The van der Waals surface area contributed by atoms with E-state index >= 15 is 0 Å².